The minimum atomic E-state index is -3.77. The van der Waals surface area contributed by atoms with Gasteiger partial charge in [-0.3, -0.25) is 9.40 Å². The number of nitrogens with one attached hydrogen (secondary N) is 1. The van der Waals surface area contributed by atoms with Crippen molar-refractivity contribution in [3.05, 3.63) is 41.6 Å². The summed E-state index contributed by atoms with van der Waals surface area (Å²) in [5.41, 5.74) is 1.74. The summed E-state index contributed by atoms with van der Waals surface area (Å²) in [6.45, 7) is 3.53. The van der Waals surface area contributed by atoms with Crippen molar-refractivity contribution in [2.24, 2.45) is 0 Å². The lowest BCUT2D eigenvalue weighted by molar-refractivity contribution is 0.278. The Bertz CT molecular complexity index is 694. The second kappa shape index (κ2) is 5.64. The molecule has 1 heterocycles. The van der Waals surface area contributed by atoms with E-state index in [4.69, 9.17) is 0 Å². The maximum Gasteiger partial charge on any atom is 0.281 e. The second-order valence-electron chi connectivity index (χ2n) is 4.34. The quantitative estimate of drug-likeness (QED) is 0.873. The number of H-pyrrole nitrogens is 1. The number of rotatable bonds is 5. The molecule has 1 aromatic carbocycles. The van der Waals surface area contributed by atoms with Crippen LogP contribution in [0, 0.1) is 6.92 Å². The molecule has 0 aliphatic carbocycles. The molecule has 0 amide bonds. The molecule has 2 N–H and O–H groups in total. The van der Waals surface area contributed by atoms with Gasteiger partial charge in [0.05, 0.1) is 18.5 Å². The number of sulfonamides is 1. The molecule has 20 heavy (non-hydrogen) atoms. The van der Waals surface area contributed by atoms with Gasteiger partial charge >= 0.3 is 0 Å². The smallest absolute Gasteiger partial charge is 0.281 e. The Balaban J connectivity index is 2.54. The van der Waals surface area contributed by atoms with Gasteiger partial charge in [0.25, 0.3) is 10.0 Å². The maximum absolute atomic E-state index is 12.7. The van der Waals surface area contributed by atoms with E-state index in [9.17, 15) is 13.5 Å². The van der Waals surface area contributed by atoms with E-state index in [1.54, 1.807) is 19.1 Å². The van der Waals surface area contributed by atoms with Crippen molar-refractivity contribution in [3.63, 3.8) is 0 Å². The Labute approximate surface area is 118 Å². The number of para-hydroxylation sites is 1. The Morgan fingerprint density at radius 3 is 2.65 bits per heavy atom. The summed E-state index contributed by atoms with van der Waals surface area (Å²) in [6, 6.07) is 7.26. The molecular formula is C13H17N3O3S. The van der Waals surface area contributed by atoms with Gasteiger partial charge in [-0.25, -0.2) is 0 Å². The van der Waals surface area contributed by atoms with Crippen molar-refractivity contribution in [1.82, 2.24) is 10.2 Å². The molecule has 2 rings (SSSR count). The Morgan fingerprint density at radius 1 is 1.35 bits per heavy atom. The number of hydrogen-bond donors (Lipinski definition) is 2. The third-order valence-corrected chi connectivity index (χ3v) is 4.97. The van der Waals surface area contributed by atoms with Gasteiger partial charge in [-0.1, -0.05) is 18.2 Å². The summed E-state index contributed by atoms with van der Waals surface area (Å²) in [4.78, 5) is 0. The van der Waals surface area contributed by atoms with Gasteiger partial charge in [-0.2, -0.15) is 13.5 Å². The van der Waals surface area contributed by atoms with Crippen molar-refractivity contribution in [3.8, 4) is 0 Å². The lowest BCUT2D eigenvalue weighted by Gasteiger charge is -2.24. The lowest BCUT2D eigenvalue weighted by Crippen LogP contribution is -2.32. The molecule has 0 radical (unpaired) electrons. The van der Waals surface area contributed by atoms with Crippen LogP contribution in [0.3, 0.4) is 0 Å². The highest BCUT2D eigenvalue weighted by Crippen LogP contribution is 2.26. The van der Waals surface area contributed by atoms with Crippen LogP contribution in [0.25, 0.3) is 0 Å². The van der Waals surface area contributed by atoms with Crippen LogP contribution >= 0.6 is 0 Å². The molecule has 0 spiro atoms. The fraction of sp³-hybridized carbons (Fsp3) is 0.308. The fourth-order valence-corrected chi connectivity index (χ4v) is 3.70. The number of hydrogen-bond acceptors (Lipinski definition) is 4. The van der Waals surface area contributed by atoms with Crippen LogP contribution in [0.15, 0.2) is 35.5 Å². The molecule has 0 saturated carbocycles. The molecule has 7 heteroatoms. The van der Waals surface area contributed by atoms with Crippen molar-refractivity contribution < 1.29 is 13.5 Å². The Kier molecular flexibility index (Phi) is 4.10. The molecule has 108 valence electrons. The van der Waals surface area contributed by atoms with Crippen LogP contribution in [-0.2, 0) is 16.6 Å². The van der Waals surface area contributed by atoms with Crippen LogP contribution < -0.4 is 4.31 Å². The summed E-state index contributed by atoms with van der Waals surface area (Å²) in [5.74, 6) is 0. The van der Waals surface area contributed by atoms with E-state index in [1.165, 1.54) is 10.5 Å². The number of aryl methyl sites for hydroxylation is 1. The topological polar surface area (TPSA) is 86.3 Å². The zero-order valence-electron chi connectivity index (χ0n) is 11.4. The van der Waals surface area contributed by atoms with Gasteiger partial charge < -0.3 is 5.11 Å². The SMILES string of the molecule is CCN(c1ccccc1C)S(=O)(=O)c1[nH]ncc1CO. The van der Waals surface area contributed by atoms with E-state index < -0.39 is 10.0 Å². The molecule has 6 nitrogen and oxygen atoms in total. The van der Waals surface area contributed by atoms with Crippen LogP contribution in [0.1, 0.15) is 18.1 Å². The van der Waals surface area contributed by atoms with E-state index in [-0.39, 0.29) is 23.7 Å². The van der Waals surface area contributed by atoms with Gasteiger partial charge in [-0.15, -0.1) is 0 Å². The molecular weight excluding hydrogens is 278 g/mol. The third kappa shape index (κ3) is 2.41. The predicted molar refractivity (Wildman–Crippen MR) is 75.9 cm³/mol. The van der Waals surface area contributed by atoms with Crippen molar-refractivity contribution >= 4 is 15.7 Å². The van der Waals surface area contributed by atoms with Crippen LogP contribution in [0.5, 0.6) is 0 Å². The van der Waals surface area contributed by atoms with Gasteiger partial charge in [0.1, 0.15) is 0 Å². The summed E-state index contributed by atoms with van der Waals surface area (Å²) >= 11 is 0. The number of aromatic nitrogens is 2. The van der Waals surface area contributed by atoms with Crippen molar-refractivity contribution in [1.29, 1.82) is 0 Å². The number of nitrogens with zero attached hydrogens (tertiary/aromatic N) is 2. The van der Waals surface area contributed by atoms with Crippen LogP contribution in [-0.4, -0.2) is 30.3 Å². The summed E-state index contributed by atoms with van der Waals surface area (Å²) < 4.78 is 26.7. The summed E-state index contributed by atoms with van der Waals surface area (Å²) in [6.07, 6.45) is 1.32. The van der Waals surface area contributed by atoms with Gasteiger partial charge in [0.2, 0.25) is 0 Å². The normalized spacial score (nSPS) is 11.6. The first-order valence-electron chi connectivity index (χ1n) is 6.23. The minimum absolute atomic E-state index is 0.0647. The molecule has 0 bridgehead atoms. The van der Waals surface area contributed by atoms with E-state index in [2.05, 4.69) is 10.2 Å². The molecule has 0 unspecified atom stereocenters. The number of aliphatic hydroxyl groups is 1. The van der Waals surface area contributed by atoms with Crippen LogP contribution in [0.2, 0.25) is 0 Å². The molecule has 0 aliphatic heterocycles. The molecule has 0 fully saturated rings. The predicted octanol–water partition coefficient (Wildman–Crippen LogP) is 1.43. The van der Waals surface area contributed by atoms with Crippen molar-refractivity contribution in [2.45, 2.75) is 25.5 Å². The Hall–Kier alpha value is -1.86. The summed E-state index contributed by atoms with van der Waals surface area (Å²) in [5, 5.41) is 15.3. The van der Waals surface area contributed by atoms with E-state index in [1.807, 2.05) is 19.1 Å². The highest BCUT2D eigenvalue weighted by Gasteiger charge is 2.28. The molecule has 0 aliphatic rings. The van der Waals surface area contributed by atoms with E-state index in [0.29, 0.717) is 5.69 Å². The zero-order chi connectivity index (χ0) is 14.8. The molecule has 1 aromatic heterocycles. The number of aliphatic hydroxyl groups excluding tert-OH is 1. The number of anilines is 1. The average Bonchev–Trinajstić information content (AvgIpc) is 2.90. The van der Waals surface area contributed by atoms with Gasteiger partial charge in [0.15, 0.2) is 5.03 Å². The van der Waals surface area contributed by atoms with Gasteiger partial charge in [-0.05, 0) is 25.5 Å². The number of benzene rings is 1. The summed E-state index contributed by atoms with van der Waals surface area (Å²) in [7, 11) is -3.77. The van der Waals surface area contributed by atoms with Crippen molar-refractivity contribution in [2.75, 3.05) is 10.8 Å². The van der Waals surface area contributed by atoms with E-state index in [0.717, 1.165) is 5.56 Å². The highest BCUT2D eigenvalue weighted by atomic mass is 32.2. The molecule has 0 saturated heterocycles. The van der Waals surface area contributed by atoms with E-state index >= 15 is 0 Å². The molecule has 2 aromatic rings. The number of aromatic amines is 1. The Morgan fingerprint density at radius 2 is 2.05 bits per heavy atom. The maximum atomic E-state index is 12.7. The monoisotopic (exact) mass is 295 g/mol. The first-order valence-corrected chi connectivity index (χ1v) is 7.67. The van der Waals surface area contributed by atoms with Gasteiger partial charge in [0, 0.05) is 12.1 Å². The lowest BCUT2D eigenvalue weighted by atomic mass is 10.2. The second-order valence-corrected chi connectivity index (χ2v) is 6.14. The average molecular weight is 295 g/mol. The largest absolute Gasteiger partial charge is 0.392 e. The highest BCUT2D eigenvalue weighted by molar-refractivity contribution is 7.92. The van der Waals surface area contributed by atoms with Crippen LogP contribution in [0.4, 0.5) is 5.69 Å². The minimum Gasteiger partial charge on any atom is -0.392 e. The standard InChI is InChI=1S/C13H17N3O3S/c1-3-16(12-7-5-4-6-10(12)2)20(18,19)13-11(9-17)8-14-15-13/h4-8,17H,3,9H2,1-2H3,(H,14,15). The third-order valence-electron chi connectivity index (χ3n) is 3.07. The zero-order valence-corrected chi connectivity index (χ0v) is 12.2. The first kappa shape index (κ1) is 14.5. The first-order chi connectivity index (χ1) is 9.52. The fourth-order valence-electron chi connectivity index (χ4n) is 2.06. The molecule has 0 atom stereocenters.